The third-order valence-corrected chi connectivity index (χ3v) is 3.86. The predicted octanol–water partition coefficient (Wildman–Crippen LogP) is 3.11. The van der Waals surface area contributed by atoms with Crippen LogP contribution in [0.25, 0.3) is 5.57 Å². The van der Waals surface area contributed by atoms with Gasteiger partial charge in [-0.15, -0.1) is 0 Å². The number of furan rings is 1. The molecule has 0 radical (unpaired) electrons. The van der Waals surface area contributed by atoms with E-state index in [1.807, 2.05) is 62.3 Å². The SMILES string of the molecule is COc1ccc(/C(C)=C/C(=O)NCC(c2ccco2)N(C)C)cc1. The van der Waals surface area contributed by atoms with Crippen LogP contribution in [0.3, 0.4) is 0 Å². The van der Waals surface area contributed by atoms with Gasteiger partial charge >= 0.3 is 0 Å². The van der Waals surface area contributed by atoms with Crippen LogP contribution in [0.5, 0.6) is 5.75 Å². The average Bonchev–Trinajstić information content (AvgIpc) is 3.09. The number of hydrogen-bond acceptors (Lipinski definition) is 4. The number of carbonyl (C=O) groups is 1. The summed E-state index contributed by atoms with van der Waals surface area (Å²) in [5, 5.41) is 2.93. The molecule has 2 rings (SSSR count). The molecule has 24 heavy (non-hydrogen) atoms. The number of ether oxygens (including phenoxy) is 1. The van der Waals surface area contributed by atoms with Crippen molar-refractivity contribution in [2.24, 2.45) is 0 Å². The summed E-state index contributed by atoms with van der Waals surface area (Å²) < 4.78 is 10.6. The topological polar surface area (TPSA) is 54.7 Å². The molecule has 0 bridgehead atoms. The summed E-state index contributed by atoms with van der Waals surface area (Å²) in [5.74, 6) is 1.50. The van der Waals surface area contributed by atoms with Crippen LogP contribution < -0.4 is 10.1 Å². The molecule has 5 nitrogen and oxygen atoms in total. The van der Waals surface area contributed by atoms with Crippen molar-refractivity contribution in [1.82, 2.24) is 10.2 Å². The zero-order valence-electron chi connectivity index (χ0n) is 14.6. The van der Waals surface area contributed by atoms with Crippen LogP contribution in [0.4, 0.5) is 0 Å². The van der Waals surface area contributed by atoms with E-state index in [1.165, 1.54) is 0 Å². The number of carbonyl (C=O) groups excluding carboxylic acids is 1. The van der Waals surface area contributed by atoms with Gasteiger partial charge in [-0.05, 0) is 56.4 Å². The summed E-state index contributed by atoms with van der Waals surface area (Å²) in [6.45, 7) is 2.39. The molecule has 1 amide bonds. The Morgan fingerprint density at radius 2 is 2.00 bits per heavy atom. The van der Waals surface area contributed by atoms with Crippen molar-refractivity contribution in [2.75, 3.05) is 27.7 Å². The van der Waals surface area contributed by atoms with Gasteiger partial charge in [-0.2, -0.15) is 0 Å². The van der Waals surface area contributed by atoms with Crippen molar-refractivity contribution in [2.45, 2.75) is 13.0 Å². The van der Waals surface area contributed by atoms with E-state index in [0.29, 0.717) is 6.54 Å². The molecule has 128 valence electrons. The average molecular weight is 328 g/mol. The van der Waals surface area contributed by atoms with Crippen LogP contribution in [-0.2, 0) is 4.79 Å². The summed E-state index contributed by atoms with van der Waals surface area (Å²) in [6.07, 6.45) is 3.25. The molecule has 0 saturated carbocycles. The second-order valence-electron chi connectivity index (χ2n) is 5.80. The van der Waals surface area contributed by atoms with Crippen LogP contribution >= 0.6 is 0 Å². The highest BCUT2D eigenvalue weighted by Gasteiger charge is 2.17. The maximum absolute atomic E-state index is 12.2. The number of methoxy groups -OCH3 is 1. The Hall–Kier alpha value is -2.53. The molecular weight excluding hydrogens is 304 g/mol. The molecule has 0 aliphatic rings. The number of amides is 1. The molecule has 5 heteroatoms. The lowest BCUT2D eigenvalue weighted by Gasteiger charge is -2.22. The number of nitrogens with one attached hydrogen (secondary N) is 1. The van der Waals surface area contributed by atoms with E-state index < -0.39 is 0 Å². The monoisotopic (exact) mass is 328 g/mol. The molecular formula is C19H24N2O3. The lowest BCUT2D eigenvalue weighted by molar-refractivity contribution is -0.116. The number of benzene rings is 1. The van der Waals surface area contributed by atoms with E-state index in [1.54, 1.807) is 19.4 Å². The first kappa shape index (κ1) is 17.8. The largest absolute Gasteiger partial charge is 0.497 e. The van der Waals surface area contributed by atoms with Gasteiger partial charge in [0.25, 0.3) is 0 Å². The fourth-order valence-electron chi connectivity index (χ4n) is 2.40. The molecule has 1 aromatic carbocycles. The summed E-state index contributed by atoms with van der Waals surface area (Å²) >= 11 is 0. The van der Waals surface area contributed by atoms with Gasteiger partial charge in [0.15, 0.2) is 0 Å². The summed E-state index contributed by atoms with van der Waals surface area (Å²) in [7, 11) is 5.54. The van der Waals surface area contributed by atoms with Crippen LogP contribution in [0.15, 0.2) is 53.2 Å². The summed E-state index contributed by atoms with van der Waals surface area (Å²) in [5.41, 5.74) is 1.88. The minimum Gasteiger partial charge on any atom is -0.497 e. The first-order valence-electron chi connectivity index (χ1n) is 7.81. The van der Waals surface area contributed by atoms with Crippen LogP contribution in [0.2, 0.25) is 0 Å². The number of rotatable bonds is 7. The zero-order valence-corrected chi connectivity index (χ0v) is 14.6. The third-order valence-electron chi connectivity index (χ3n) is 3.86. The molecule has 1 atom stereocenters. The molecule has 1 unspecified atom stereocenters. The molecule has 0 aliphatic heterocycles. The molecule has 0 aliphatic carbocycles. The Morgan fingerprint density at radius 3 is 2.54 bits per heavy atom. The maximum Gasteiger partial charge on any atom is 0.244 e. The molecule has 0 spiro atoms. The smallest absolute Gasteiger partial charge is 0.244 e. The highest BCUT2D eigenvalue weighted by Crippen LogP contribution is 2.19. The van der Waals surface area contributed by atoms with E-state index in [2.05, 4.69) is 5.32 Å². The number of hydrogen-bond donors (Lipinski definition) is 1. The Morgan fingerprint density at radius 1 is 1.29 bits per heavy atom. The van der Waals surface area contributed by atoms with Crippen molar-refractivity contribution in [3.8, 4) is 5.75 Å². The molecule has 1 heterocycles. The van der Waals surface area contributed by atoms with Gasteiger partial charge in [-0.25, -0.2) is 0 Å². The van der Waals surface area contributed by atoms with Crippen LogP contribution in [0, 0.1) is 0 Å². The van der Waals surface area contributed by atoms with Crippen LogP contribution in [-0.4, -0.2) is 38.6 Å². The van der Waals surface area contributed by atoms with Crippen molar-refractivity contribution in [3.05, 3.63) is 60.1 Å². The minimum absolute atomic E-state index is 0.00126. The second kappa shape index (κ2) is 8.36. The molecule has 1 aromatic heterocycles. The van der Waals surface area contributed by atoms with Gasteiger partial charge in [0.2, 0.25) is 5.91 Å². The van der Waals surface area contributed by atoms with E-state index in [9.17, 15) is 4.79 Å². The molecule has 0 fully saturated rings. The van der Waals surface area contributed by atoms with Crippen molar-refractivity contribution in [1.29, 1.82) is 0 Å². The molecule has 2 aromatic rings. The van der Waals surface area contributed by atoms with Crippen molar-refractivity contribution < 1.29 is 13.9 Å². The van der Waals surface area contributed by atoms with Gasteiger partial charge in [-0.1, -0.05) is 12.1 Å². The fraction of sp³-hybridized carbons (Fsp3) is 0.316. The number of nitrogens with zero attached hydrogens (tertiary/aromatic N) is 1. The van der Waals surface area contributed by atoms with Gasteiger partial charge in [0.1, 0.15) is 11.5 Å². The van der Waals surface area contributed by atoms with Gasteiger partial charge < -0.3 is 14.5 Å². The van der Waals surface area contributed by atoms with Crippen molar-refractivity contribution in [3.63, 3.8) is 0 Å². The summed E-state index contributed by atoms with van der Waals surface area (Å²) in [6, 6.07) is 11.4. The summed E-state index contributed by atoms with van der Waals surface area (Å²) in [4.78, 5) is 14.2. The standard InChI is InChI=1S/C19H24N2O3/c1-14(15-7-9-16(23-4)10-8-15)12-19(22)20-13-17(21(2)3)18-6-5-11-24-18/h5-12,17H,13H2,1-4H3,(H,20,22)/b14-12+. The lowest BCUT2D eigenvalue weighted by atomic mass is 10.1. The van der Waals surface area contributed by atoms with Gasteiger partial charge in [-0.3, -0.25) is 9.69 Å². The maximum atomic E-state index is 12.2. The Labute approximate surface area is 142 Å². The van der Waals surface area contributed by atoms with Gasteiger partial charge in [0.05, 0.1) is 19.4 Å². The zero-order chi connectivity index (χ0) is 17.5. The minimum atomic E-state index is -0.123. The highest BCUT2D eigenvalue weighted by atomic mass is 16.5. The Bertz CT molecular complexity index is 673. The fourth-order valence-corrected chi connectivity index (χ4v) is 2.40. The third kappa shape index (κ3) is 4.73. The lowest BCUT2D eigenvalue weighted by Crippen LogP contribution is -2.33. The highest BCUT2D eigenvalue weighted by molar-refractivity contribution is 5.94. The van der Waals surface area contributed by atoms with E-state index >= 15 is 0 Å². The first-order valence-corrected chi connectivity index (χ1v) is 7.81. The Balaban J connectivity index is 1.98. The van der Waals surface area contributed by atoms with E-state index in [-0.39, 0.29) is 11.9 Å². The van der Waals surface area contributed by atoms with E-state index in [4.69, 9.17) is 9.15 Å². The van der Waals surface area contributed by atoms with Gasteiger partial charge in [0, 0.05) is 12.6 Å². The molecule has 1 N–H and O–H groups in total. The predicted molar refractivity (Wildman–Crippen MR) is 94.8 cm³/mol. The second-order valence-corrected chi connectivity index (χ2v) is 5.80. The Kier molecular flexibility index (Phi) is 6.21. The number of allylic oxidation sites excluding steroid dienone is 1. The molecule has 0 saturated heterocycles. The van der Waals surface area contributed by atoms with E-state index in [0.717, 1.165) is 22.6 Å². The quantitative estimate of drug-likeness (QED) is 0.794. The normalized spacial score (nSPS) is 13.0. The first-order chi connectivity index (χ1) is 11.5. The van der Waals surface area contributed by atoms with Crippen LogP contribution in [0.1, 0.15) is 24.3 Å². The van der Waals surface area contributed by atoms with Crippen molar-refractivity contribution >= 4 is 11.5 Å². The number of likely N-dealkylation sites (N-methyl/N-ethyl adjacent to an activating group) is 1.